The predicted molar refractivity (Wildman–Crippen MR) is 153 cm³/mol. The number of nitrogens with one attached hydrogen (secondary N) is 2. The summed E-state index contributed by atoms with van der Waals surface area (Å²) < 4.78 is 11.8. The lowest BCUT2D eigenvalue weighted by molar-refractivity contribution is -0.157. The van der Waals surface area contributed by atoms with Gasteiger partial charge < -0.3 is 39.9 Å². The van der Waals surface area contributed by atoms with Crippen molar-refractivity contribution in [2.24, 2.45) is 0 Å². The van der Waals surface area contributed by atoms with Crippen LogP contribution >= 0.6 is 0 Å². The second-order valence-corrected chi connectivity index (χ2v) is 10.1. The molecule has 2 saturated heterocycles. The van der Waals surface area contributed by atoms with Gasteiger partial charge in [0.15, 0.2) is 12.3 Å². The number of nitrogens with zero attached hydrogens (tertiary/aromatic N) is 5. The van der Waals surface area contributed by atoms with E-state index in [0.717, 1.165) is 0 Å². The highest BCUT2D eigenvalue weighted by Crippen LogP contribution is 2.20. The summed E-state index contributed by atoms with van der Waals surface area (Å²) >= 11 is 0. The summed E-state index contributed by atoms with van der Waals surface area (Å²) in [5, 5.41) is 20.2. The van der Waals surface area contributed by atoms with Crippen LogP contribution in [0.4, 0.5) is 4.79 Å². The minimum absolute atomic E-state index is 0.0623. The Labute approximate surface area is 257 Å². The SMILES string of the molecule is CCOC(=O)ON1CCN(C(=O)[C@H](CCC(=O)O)NC(=O)c2cc(OCC(=O)N3CCNC(=O)C3)n(-c3ccccc3)n2)CC1. The van der Waals surface area contributed by atoms with Gasteiger partial charge in [-0.05, 0) is 25.5 Å². The first-order valence-corrected chi connectivity index (χ1v) is 14.4. The van der Waals surface area contributed by atoms with Crippen molar-refractivity contribution in [1.82, 2.24) is 35.3 Å². The molecule has 3 N–H and O–H groups in total. The number of para-hydroxylation sites is 1. The molecule has 17 nitrogen and oxygen atoms in total. The third kappa shape index (κ3) is 9.15. The fraction of sp³-hybridized carbons (Fsp3) is 0.464. The van der Waals surface area contributed by atoms with Crippen LogP contribution in [-0.4, -0.2) is 131 Å². The number of aromatic nitrogens is 2. The smallest absolute Gasteiger partial charge is 0.481 e. The number of ether oxygens (including phenoxy) is 2. The van der Waals surface area contributed by atoms with E-state index in [1.807, 2.05) is 0 Å². The van der Waals surface area contributed by atoms with Crippen LogP contribution in [0, 0.1) is 0 Å². The highest BCUT2D eigenvalue weighted by Gasteiger charge is 2.31. The maximum Gasteiger partial charge on any atom is 0.527 e. The summed E-state index contributed by atoms with van der Waals surface area (Å²) in [6.45, 7) is 2.63. The molecule has 242 valence electrons. The van der Waals surface area contributed by atoms with Gasteiger partial charge in [0, 0.05) is 38.7 Å². The molecule has 3 heterocycles. The normalized spacial score (nSPS) is 15.9. The van der Waals surface area contributed by atoms with E-state index in [0.29, 0.717) is 18.8 Å². The van der Waals surface area contributed by atoms with Gasteiger partial charge in [-0.1, -0.05) is 18.2 Å². The Morgan fingerprint density at radius 2 is 1.78 bits per heavy atom. The van der Waals surface area contributed by atoms with Crippen LogP contribution in [-0.2, 0) is 28.8 Å². The largest absolute Gasteiger partial charge is 0.527 e. The van der Waals surface area contributed by atoms with Gasteiger partial charge >= 0.3 is 12.1 Å². The van der Waals surface area contributed by atoms with Gasteiger partial charge in [-0.2, -0.15) is 5.10 Å². The first-order chi connectivity index (χ1) is 21.6. The van der Waals surface area contributed by atoms with Gasteiger partial charge in [-0.25, -0.2) is 9.48 Å². The first kappa shape index (κ1) is 32.7. The van der Waals surface area contributed by atoms with E-state index >= 15 is 0 Å². The van der Waals surface area contributed by atoms with Crippen LogP contribution < -0.4 is 15.4 Å². The Hall–Kier alpha value is -5.19. The summed E-state index contributed by atoms with van der Waals surface area (Å²) in [5.74, 6) is -3.05. The minimum Gasteiger partial charge on any atom is -0.481 e. The summed E-state index contributed by atoms with van der Waals surface area (Å²) in [5.41, 5.74) is 0.386. The Bertz CT molecular complexity index is 1390. The molecule has 0 saturated carbocycles. The molecule has 0 spiro atoms. The van der Waals surface area contributed by atoms with Crippen LogP contribution in [0.3, 0.4) is 0 Å². The minimum atomic E-state index is -1.19. The molecular weight excluding hydrogens is 594 g/mol. The summed E-state index contributed by atoms with van der Waals surface area (Å²) in [4.78, 5) is 81.9. The summed E-state index contributed by atoms with van der Waals surface area (Å²) in [6, 6.07) is 8.82. The Balaban J connectivity index is 1.46. The maximum atomic E-state index is 13.4. The molecule has 2 aromatic rings. The molecule has 0 bridgehead atoms. The van der Waals surface area contributed by atoms with Crippen LogP contribution in [0.2, 0.25) is 0 Å². The van der Waals surface area contributed by atoms with Crippen molar-refractivity contribution in [2.45, 2.75) is 25.8 Å². The number of benzene rings is 1. The van der Waals surface area contributed by atoms with Gasteiger partial charge in [0.05, 0.1) is 31.9 Å². The number of hydrogen-bond acceptors (Lipinski definition) is 11. The van der Waals surface area contributed by atoms with Crippen molar-refractivity contribution >= 4 is 35.8 Å². The number of carboxylic acid groups (broad SMARTS) is 1. The molecule has 1 aromatic carbocycles. The Morgan fingerprint density at radius 1 is 1.04 bits per heavy atom. The highest BCUT2D eigenvalue weighted by molar-refractivity contribution is 5.96. The molecule has 45 heavy (non-hydrogen) atoms. The quantitative estimate of drug-likeness (QED) is 0.252. The number of aliphatic carboxylic acids is 1. The van der Waals surface area contributed by atoms with E-state index in [1.54, 1.807) is 37.3 Å². The van der Waals surface area contributed by atoms with E-state index < -0.39 is 42.5 Å². The number of carbonyl (C=O) groups is 6. The zero-order valence-corrected chi connectivity index (χ0v) is 24.7. The van der Waals surface area contributed by atoms with Crippen LogP contribution in [0.25, 0.3) is 5.69 Å². The Morgan fingerprint density at radius 3 is 2.44 bits per heavy atom. The Kier molecular flexibility index (Phi) is 11.3. The third-order valence-corrected chi connectivity index (χ3v) is 6.91. The van der Waals surface area contributed by atoms with E-state index in [4.69, 9.17) is 14.3 Å². The van der Waals surface area contributed by atoms with Crippen LogP contribution in [0.1, 0.15) is 30.3 Å². The molecule has 0 radical (unpaired) electrons. The van der Waals surface area contributed by atoms with Crippen LogP contribution in [0.5, 0.6) is 5.88 Å². The molecule has 1 aromatic heterocycles. The predicted octanol–water partition coefficient (Wildman–Crippen LogP) is -0.595. The van der Waals surface area contributed by atoms with E-state index in [2.05, 4.69) is 15.7 Å². The van der Waals surface area contributed by atoms with Crippen molar-refractivity contribution in [3.63, 3.8) is 0 Å². The second-order valence-electron chi connectivity index (χ2n) is 10.1. The van der Waals surface area contributed by atoms with Gasteiger partial charge in [0.1, 0.15) is 6.04 Å². The monoisotopic (exact) mass is 629 g/mol. The number of amides is 4. The topological polar surface area (TPSA) is 202 Å². The van der Waals surface area contributed by atoms with E-state index in [-0.39, 0.29) is 69.7 Å². The van der Waals surface area contributed by atoms with E-state index in [9.17, 15) is 33.9 Å². The molecule has 4 rings (SSSR count). The molecule has 2 aliphatic rings. The molecule has 1 atom stereocenters. The summed E-state index contributed by atoms with van der Waals surface area (Å²) in [7, 11) is 0. The molecule has 0 unspecified atom stereocenters. The molecular formula is C28H35N7O10. The summed E-state index contributed by atoms with van der Waals surface area (Å²) in [6.07, 6.45) is -1.42. The number of hydroxylamine groups is 2. The van der Waals surface area contributed by atoms with Crippen LogP contribution in [0.15, 0.2) is 36.4 Å². The molecule has 17 heteroatoms. The van der Waals surface area contributed by atoms with Gasteiger partial charge in [-0.3, -0.25) is 24.0 Å². The number of rotatable bonds is 12. The lowest BCUT2D eigenvalue weighted by Gasteiger charge is -2.35. The van der Waals surface area contributed by atoms with Crippen molar-refractivity contribution in [2.75, 3.05) is 59.0 Å². The lowest BCUT2D eigenvalue weighted by Crippen LogP contribution is -2.55. The number of piperazine rings is 2. The van der Waals surface area contributed by atoms with Crippen molar-refractivity contribution in [1.29, 1.82) is 0 Å². The second kappa shape index (κ2) is 15.5. The lowest BCUT2D eigenvalue weighted by atomic mass is 10.1. The molecule has 0 aliphatic carbocycles. The standard InChI is InChI=1S/C28H35N7O10/c1-2-43-28(42)45-34-14-12-32(13-15-34)27(41)20(8-9-25(38)39)30-26(40)21-16-24(35(31-21)19-6-4-3-5-7-19)44-18-23(37)33-11-10-29-22(36)17-33/h3-7,16,20H,2,8-15,17-18H2,1H3,(H,29,36)(H,30,40)(H,38,39)/t20-/m0/s1. The van der Waals surface area contributed by atoms with Crippen molar-refractivity contribution in [3.05, 3.63) is 42.1 Å². The fourth-order valence-electron chi connectivity index (χ4n) is 4.64. The molecule has 2 fully saturated rings. The highest BCUT2D eigenvalue weighted by atomic mass is 16.8. The zero-order valence-electron chi connectivity index (χ0n) is 24.7. The van der Waals surface area contributed by atoms with Gasteiger partial charge in [0.25, 0.3) is 11.8 Å². The molecule has 2 aliphatic heterocycles. The maximum absolute atomic E-state index is 13.4. The fourth-order valence-corrected chi connectivity index (χ4v) is 4.64. The van der Waals surface area contributed by atoms with Crippen molar-refractivity contribution < 1.29 is 48.2 Å². The van der Waals surface area contributed by atoms with E-state index in [1.165, 1.54) is 25.6 Å². The number of carbonyl (C=O) groups excluding carboxylic acids is 5. The van der Waals surface area contributed by atoms with Crippen molar-refractivity contribution in [3.8, 4) is 11.6 Å². The molecule has 4 amide bonds. The van der Waals surface area contributed by atoms with Gasteiger partial charge in [0.2, 0.25) is 17.7 Å². The third-order valence-electron chi connectivity index (χ3n) is 6.91. The number of hydrogen-bond donors (Lipinski definition) is 3. The zero-order chi connectivity index (χ0) is 32.3. The number of carboxylic acids is 1. The first-order valence-electron chi connectivity index (χ1n) is 14.4. The average molecular weight is 630 g/mol. The van der Waals surface area contributed by atoms with Gasteiger partial charge in [-0.15, -0.1) is 5.06 Å². The average Bonchev–Trinajstić information content (AvgIpc) is 3.47.